The molecule has 4 aromatic rings. The van der Waals surface area contributed by atoms with Gasteiger partial charge in [-0.15, -0.1) is 0 Å². The van der Waals surface area contributed by atoms with Gasteiger partial charge in [-0.1, -0.05) is 59.8 Å². The van der Waals surface area contributed by atoms with E-state index in [-0.39, 0.29) is 6.10 Å². The van der Waals surface area contributed by atoms with Gasteiger partial charge in [0.15, 0.2) is 5.76 Å². The van der Waals surface area contributed by atoms with Crippen molar-refractivity contribution in [2.45, 2.75) is 26.9 Å². The molecule has 2 aromatic carbocycles. The number of aryl methyl sites for hydroxylation is 1. The highest BCUT2D eigenvalue weighted by atomic mass is 16.5. The Morgan fingerprint density at radius 2 is 1.59 bits per heavy atom. The molecule has 146 valence electrons. The summed E-state index contributed by atoms with van der Waals surface area (Å²) in [6.07, 6.45) is 3.54. The highest BCUT2D eigenvalue weighted by Crippen LogP contribution is 2.34. The fraction of sp³-hybridized carbons (Fsp3) is 0.167. The number of aromatic nitrogens is 2. The molecule has 0 unspecified atom stereocenters. The van der Waals surface area contributed by atoms with Crippen LogP contribution in [0.5, 0.6) is 5.75 Å². The van der Waals surface area contributed by atoms with Gasteiger partial charge in [-0.3, -0.25) is 4.98 Å². The van der Waals surface area contributed by atoms with Crippen molar-refractivity contribution in [1.82, 2.24) is 10.1 Å². The van der Waals surface area contributed by atoms with E-state index in [9.17, 15) is 0 Å². The smallest absolute Gasteiger partial charge is 0.190 e. The van der Waals surface area contributed by atoms with Crippen molar-refractivity contribution in [1.29, 1.82) is 0 Å². The zero-order valence-electron chi connectivity index (χ0n) is 16.7. The van der Waals surface area contributed by atoms with Crippen molar-refractivity contribution in [3.8, 4) is 28.2 Å². The van der Waals surface area contributed by atoms with Gasteiger partial charge in [0.2, 0.25) is 0 Å². The standard InChI is InChI=1S/C24H23N3O2/c1-16(2)28-22-13-21(14-25-15-22)26-23-17(3)27-29-24(23)20-11-9-19(10-12-20)18-7-5-4-6-8-18/h4-16,26H,1-3H3. The summed E-state index contributed by atoms with van der Waals surface area (Å²) in [5.74, 6) is 1.41. The van der Waals surface area contributed by atoms with Crippen LogP contribution in [0.4, 0.5) is 11.4 Å². The van der Waals surface area contributed by atoms with Gasteiger partial charge >= 0.3 is 0 Å². The van der Waals surface area contributed by atoms with Gasteiger partial charge in [0, 0.05) is 11.6 Å². The first-order valence-corrected chi connectivity index (χ1v) is 9.61. The predicted octanol–water partition coefficient (Wildman–Crippen LogP) is 6.24. The van der Waals surface area contributed by atoms with Gasteiger partial charge in [0.05, 0.1) is 24.2 Å². The Kier molecular flexibility index (Phi) is 5.29. The minimum atomic E-state index is 0.0862. The number of anilines is 2. The van der Waals surface area contributed by atoms with Crippen LogP contribution in [0, 0.1) is 6.92 Å². The quantitative estimate of drug-likeness (QED) is 0.425. The summed E-state index contributed by atoms with van der Waals surface area (Å²) in [5, 5.41) is 7.53. The molecule has 2 heterocycles. The van der Waals surface area contributed by atoms with Crippen LogP contribution in [-0.4, -0.2) is 16.2 Å². The maximum Gasteiger partial charge on any atom is 0.190 e. The first kappa shape index (κ1) is 18.7. The number of ether oxygens (including phenoxy) is 1. The maximum absolute atomic E-state index is 5.73. The van der Waals surface area contributed by atoms with Gasteiger partial charge in [0.25, 0.3) is 0 Å². The molecule has 0 amide bonds. The number of benzene rings is 2. The molecule has 0 saturated heterocycles. The largest absolute Gasteiger partial charge is 0.489 e. The molecule has 5 nitrogen and oxygen atoms in total. The van der Waals surface area contributed by atoms with Crippen LogP contribution in [0.1, 0.15) is 19.5 Å². The fourth-order valence-corrected chi connectivity index (χ4v) is 3.13. The topological polar surface area (TPSA) is 60.2 Å². The molecule has 1 N–H and O–H groups in total. The summed E-state index contributed by atoms with van der Waals surface area (Å²) < 4.78 is 11.4. The third kappa shape index (κ3) is 4.29. The van der Waals surface area contributed by atoms with Crippen LogP contribution in [-0.2, 0) is 0 Å². The van der Waals surface area contributed by atoms with Crippen LogP contribution in [0.2, 0.25) is 0 Å². The Morgan fingerprint density at radius 3 is 2.31 bits per heavy atom. The predicted molar refractivity (Wildman–Crippen MR) is 115 cm³/mol. The van der Waals surface area contributed by atoms with Crippen molar-refractivity contribution in [2.75, 3.05) is 5.32 Å². The van der Waals surface area contributed by atoms with Crippen LogP contribution in [0.15, 0.2) is 77.6 Å². The number of rotatable bonds is 6. The summed E-state index contributed by atoms with van der Waals surface area (Å²) in [6, 6.07) is 20.5. The Balaban J connectivity index is 1.61. The SMILES string of the molecule is Cc1noc(-c2ccc(-c3ccccc3)cc2)c1Nc1cncc(OC(C)C)c1. The number of nitrogens with zero attached hydrogens (tertiary/aromatic N) is 2. The molecule has 0 atom stereocenters. The summed E-state index contributed by atoms with van der Waals surface area (Å²) in [5.41, 5.74) is 5.71. The van der Waals surface area contributed by atoms with E-state index in [1.807, 2.05) is 57.2 Å². The average molecular weight is 385 g/mol. The van der Waals surface area contributed by atoms with E-state index < -0.39 is 0 Å². The maximum atomic E-state index is 5.73. The summed E-state index contributed by atoms with van der Waals surface area (Å²) in [6.45, 7) is 5.89. The molecule has 0 aliphatic rings. The lowest BCUT2D eigenvalue weighted by Gasteiger charge is -2.11. The van der Waals surface area contributed by atoms with Crippen molar-refractivity contribution in [3.63, 3.8) is 0 Å². The van der Waals surface area contributed by atoms with Crippen LogP contribution in [0.3, 0.4) is 0 Å². The van der Waals surface area contributed by atoms with Crippen LogP contribution < -0.4 is 10.1 Å². The van der Waals surface area contributed by atoms with Gasteiger partial charge in [-0.05, 0) is 31.9 Å². The minimum Gasteiger partial charge on any atom is -0.489 e. The van der Waals surface area contributed by atoms with Crippen molar-refractivity contribution in [3.05, 3.63) is 78.8 Å². The Morgan fingerprint density at radius 1 is 0.897 bits per heavy atom. The molecule has 5 heteroatoms. The summed E-state index contributed by atoms with van der Waals surface area (Å²) >= 11 is 0. The lowest BCUT2D eigenvalue weighted by Crippen LogP contribution is -2.06. The number of hydrogen-bond donors (Lipinski definition) is 1. The molecule has 29 heavy (non-hydrogen) atoms. The summed E-state index contributed by atoms with van der Waals surface area (Å²) in [7, 11) is 0. The normalized spacial score (nSPS) is 10.9. The monoisotopic (exact) mass is 385 g/mol. The molecule has 4 rings (SSSR count). The van der Waals surface area contributed by atoms with E-state index >= 15 is 0 Å². The van der Waals surface area contributed by atoms with E-state index in [0.29, 0.717) is 11.5 Å². The van der Waals surface area contributed by atoms with E-state index in [2.05, 4.69) is 39.7 Å². The number of hydrogen-bond acceptors (Lipinski definition) is 5. The fourth-order valence-electron chi connectivity index (χ4n) is 3.13. The second-order valence-electron chi connectivity index (χ2n) is 7.12. The van der Waals surface area contributed by atoms with Gasteiger partial charge < -0.3 is 14.6 Å². The highest BCUT2D eigenvalue weighted by Gasteiger charge is 2.16. The zero-order valence-corrected chi connectivity index (χ0v) is 16.7. The van der Waals surface area contributed by atoms with E-state index in [1.165, 1.54) is 5.56 Å². The first-order chi connectivity index (χ1) is 14.1. The molecule has 0 fully saturated rings. The number of nitrogens with one attached hydrogen (secondary N) is 1. The van der Waals surface area contributed by atoms with Crippen LogP contribution >= 0.6 is 0 Å². The van der Waals surface area contributed by atoms with E-state index in [0.717, 1.165) is 28.2 Å². The zero-order chi connectivity index (χ0) is 20.2. The van der Waals surface area contributed by atoms with Crippen molar-refractivity contribution in [2.24, 2.45) is 0 Å². The van der Waals surface area contributed by atoms with Crippen molar-refractivity contribution >= 4 is 11.4 Å². The Hall–Kier alpha value is -3.60. The van der Waals surface area contributed by atoms with Gasteiger partial charge in [-0.25, -0.2) is 0 Å². The van der Waals surface area contributed by atoms with E-state index in [1.54, 1.807) is 12.4 Å². The second kappa shape index (κ2) is 8.19. The second-order valence-corrected chi connectivity index (χ2v) is 7.12. The Bertz CT molecular complexity index is 1090. The molecule has 0 radical (unpaired) electrons. The van der Waals surface area contributed by atoms with Crippen LogP contribution in [0.25, 0.3) is 22.5 Å². The lowest BCUT2D eigenvalue weighted by atomic mass is 10.0. The molecule has 0 aliphatic heterocycles. The lowest BCUT2D eigenvalue weighted by molar-refractivity contribution is 0.241. The molecular weight excluding hydrogens is 362 g/mol. The van der Waals surface area contributed by atoms with Crippen molar-refractivity contribution < 1.29 is 9.26 Å². The Labute approximate surface area is 170 Å². The highest BCUT2D eigenvalue weighted by molar-refractivity contribution is 5.79. The number of pyridine rings is 1. The minimum absolute atomic E-state index is 0.0862. The first-order valence-electron chi connectivity index (χ1n) is 9.61. The van der Waals surface area contributed by atoms with E-state index in [4.69, 9.17) is 9.26 Å². The molecule has 0 spiro atoms. The molecular formula is C24H23N3O2. The third-order valence-electron chi connectivity index (χ3n) is 4.47. The molecule has 0 aliphatic carbocycles. The summed E-state index contributed by atoms with van der Waals surface area (Å²) in [4.78, 5) is 4.26. The molecule has 2 aromatic heterocycles. The molecule has 0 saturated carbocycles. The van der Waals surface area contributed by atoms with Gasteiger partial charge in [0.1, 0.15) is 17.1 Å². The average Bonchev–Trinajstić information content (AvgIpc) is 3.09. The molecule has 0 bridgehead atoms. The van der Waals surface area contributed by atoms with Gasteiger partial charge in [-0.2, -0.15) is 0 Å². The third-order valence-corrected chi connectivity index (χ3v) is 4.47.